The molecule has 20 heavy (non-hydrogen) atoms. The van der Waals surface area contributed by atoms with Crippen LogP contribution in [0, 0.1) is 20.8 Å². The monoisotopic (exact) mass is 312 g/mol. The first-order valence-corrected chi connectivity index (χ1v) is 6.77. The zero-order valence-corrected chi connectivity index (χ0v) is 12.5. The van der Waals surface area contributed by atoms with Gasteiger partial charge < -0.3 is 0 Å². The molecule has 0 fully saturated rings. The second-order valence-corrected chi connectivity index (χ2v) is 5.64. The second-order valence-electron chi connectivity index (χ2n) is 4.81. The van der Waals surface area contributed by atoms with E-state index in [0.717, 1.165) is 0 Å². The smallest absolute Gasteiger partial charge is 0.271 e. The summed E-state index contributed by atoms with van der Waals surface area (Å²) in [5.41, 5.74) is 0.495. The minimum absolute atomic E-state index is 0.0717. The van der Waals surface area contributed by atoms with Gasteiger partial charge in [-0.2, -0.15) is 5.10 Å². The van der Waals surface area contributed by atoms with E-state index in [1.54, 1.807) is 6.07 Å². The molecule has 0 bridgehead atoms. The maximum atomic E-state index is 10.9. The maximum Gasteiger partial charge on any atom is 0.271 e. The summed E-state index contributed by atoms with van der Waals surface area (Å²) in [5.74, 6) is 0.918. The Morgan fingerprint density at radius 1 is 1.50 bits per heavy atom. The van der Waals surface area contributed by atoms with Crippen LogP contribution in [0.5, 0.6) is 0 Å². The quantitative estimate of drug-likeness (QED) is 0.529. The van der Waals surface area contributed by atoms with Crippen LogP contribution in [-0.4, -0.2) is 19.7 Å². The molecule has 8 heteroatoms. The molecule has 0 aliphatic rings. The summed E-state index contributed by atoms with van der Waals surface area (Å²) in [6.45, 7) is 4.78. The van der Waals surface area contributed by atoms with Crippen molar-refractivity contribution in [2.24, 2.45) is 5.92 Å². The molecule has 1 aromatic heterocycles. The topological polar surface area (TPSA) is 76.8 Å². The van der Waals surface area contributed by atoms with Gasteiger partial charge in [0, 0.05) is 29.3 Å². The molecule has 0 aliphatic carbocycles. The fourth-order valence-electron chi connectivity index (χ4n) is 1.88. The molecule has 0 radical (unpaired) electrons. The molecule has 2 rings (SSSR count). The highest BCUT2D eigenvalue weighted by molar-refractivity contribution is 7.71. The minimum atomic E-state index is -0.483. The fourth-order valence-corrected chi connectivity index (χ4v) is 2.32. The zero-order chi connectivity index (χ0) is 14.9. The molecule has 0 spiro atoms. The van der Waals surface area contributed by atoms with Gasteiger partial charge in [-0.05, 0) is 24.2 Å². The van der Waals surface area contributed by atoms with Gasteiger partial charge in [-0.1, -0.05) is 25.4 Å². The molecule has 0 aliphatic heterocycles. The molecule has 0 atom stereocenters. The number of benzene rings is 1. The van der Waals surface area contributed by atoms with Gasteiger partial charge >= 0.3 is 0 Å². The fraction of sp³-hybridized carbons (Fsp3) is 0.333. The predicted octanol–water partition coefficient (Wildman–Crippen LogP) is 3.83. The number of non-ortho nitro benzene ring substituents is 1. The highest BCUT2D eigenvalue weighted by Gasteiger charge is 2.15. The molecule has 106 valence electrons. The lowest BCUT2D eigenvalue weighted by atomic mass is 10.1. The van der Waals surface area contributed by atoms with Gasteiger partial charge in [0.25, 0.3) is 5.69 Å². The number of hydrogen-bond acceptors (Lipinski definition) is 4. The van der Waals surface area contributed by atoms with Crippen LogP contribution in [0.25, 0.3) is 11.4 Å². The van der Waals surface area contributed by atoms with Gasteiger partial charge in [-0.3, -0.25) is 19.8 Å². The van der Waals surface area contributed by atoms with E-state index in [2.05, 4.69) is 24.0 Å². The number of nitro groups is 1. The van der Waals surface area contributed by atoms with Crippen LogP contribution in [-0.2, 0) is 6.54 Å². The van der Waals surface area contributed by atoms with Crippen molar-refractivity contribution >= 4 is 29.5 Å². The molecular formula is C12H13ClN4O2S. The number of H-pyrrole nitrogens is 1. The van der Waals surface area contributed by atoms with Crippen molar-refractivity contribution in [1.29, 1.82) is 0 Å². The van der Waals surface area contributed by atoms with Crippen molar-refractivity contribution < 1.29 is 4.92 Å². The van der Waals surface area contributed by atoms with Gasteiger partial charge in [0.15, 0.2) is 10.6 Å². The normalized spacial score (nSPS) is 11.0. The Morgan fingerprint density at radius 2 is 2.20 bits per heavy atom. The van der Waals surface area contributed by atoms with Crippen molar-refractivity contribution in [3.8, 4) is 11.4 Å². The van der Waals surface area contributed by atoms with Crippen molar-refractivity contribution in [2.75, 3.05) is 0 Å². The summed E-state index contributed by atoms with van der Waals surface area (Å²) in [4.78, 5) is 10.4. The largest absolute Gasteiger partial charge is 0.300 e. The van der Waals surface area contributed by atoms with Crippen LogP contribution in [0.4, 0.5) is 5.69 Å². The minimum Gasteiger partial charge on any atom is -0.300 e. The number of aromatic amines is 1. The van der Waals surface area contributed by atoms with Gasteiger partial charge in [-0.25, -0.2) is 0 Å². The van der Waals surface area contributed by atoms with Gasteiger partial charge in [0.1, 0.15) is 0 Å². The Hall–Kier alpha value is -1.73. The number of nitrogens with zero attached hydrogens (tertiary/aromatic N) is 3. The Bertz CT molecular complexity index is 708. The van der Waals surface area contributed by atoms with Crippen molar-refractivity contribution in [1.82, 2.24) is 14.8 Å². The van der Waals surface area contributed by atoms with E-state index in [9.17, 15) is 10.1 Å². The number of halogens is 1. The number of nitro benzene ring substituents is 1. The first-order valence-electron chi connectivity index (χ1n) is 5.99. The third-order valence-electron chi connectivity index (χ3n) is 2.66. The van der Waals surface area contributed by atoms with Crippen LogP contribution in [0.3, 0.4) is 0 Å². The third-order valence-corrected chi connectivity index (χ3v) is 3.19. The molecule has 1 N–H and O–H groups in total. The summed E-state index contributed by atoms with van der Waals surface area (Å²) in [5, 5.41) is 18.0. The summed E-state index contributed by atoms with van der Waals surface area (Å²) >= 11 is 11.1. The summed E-state index contributed by atoms with van der Waals surface area (Å²) < 4.78 is 2.30. The van der Waals surface area contributed by atoms with E-state index in [1.165, 1.54) is 12.1 Å². The Labute approximate surface area is 125 Å². The van der Waals surface area contributed by atoms with Crippen LogP contribution in [0.1, 0.15) is 13.8 Å². The summed E-state index contributed by atoms with van der Waals surface area (Å²) in [6, 6.07) is 4.38. The van der Waals surface area contributed by atoms with Gasteiger partial charge in [0.2, 0.25) is 0 Å². The summed E-state index contributed by atoms with van der Waals surface area (Å²) in [6.07, 6.45) is 0. The lowest BCUT2D eigenvalue weighted by Gasteiger charge is -2.09. The molecular weight excluding hydrogens is 300 g/mol. The average Bonchev–Trinajstić information content (AvgIpc) is 2.69. The number of aromatic nitrogens is 3. The van der Waals surface area contributed by atoms with Crippen molar-refractivity contribution in [3.63, 3.8) is 0 Å². The zero-order valence-electron chi connectivity index (χ0n) is 11.0. The number of hydrogen-bond donors (Lipinski definition) is 1. The van der Waals surface area contributed by atoms with E-state index in [4.69, 9.17) is 23.8 Å². The molecule has 2 aromatic rings. The highest BCUT2D eigenvalue weighted by atomic mass is 35.5. The van der Waals surface area contributed by atoms with E-state index in [1.807, 2.05) is 4.57 Å². The Balaban J connectivity index is 2.57. The molecule has 0 unspecified atom stereocenters. The van der Waals surface area contributed by atoms with Crippen LogP contribution >= 0.6 is 23.8 Å². The third kappa shape index (κ3) is 3.05. The molecule has 1 heterocycles. The Morgan fingerprint density at radius 3 is 2.80 bits per heavy atom. The Kier molecular flexibility index (Phi) is 4.20. The molecule has 1 aromatic carbocycles. The first-order chi connectivity index (χ1) is 9.38. The standard InChI is InChI=1S/C12H13ClN4O2S/c1-7(2)6-16-11(14-15-12(16)20)8-3-9(13)5-10(4-8)17(18)19/h3-5,7H,6H2,1-2H3,(H,15,20). The first kappa shape index (κ1) is 14.7. The lowest BCUT2D eigenvalue weighted by Crippen LogP contribution is -2.06. The maximum absolute atomic E-state index is 10.9. The SMILES string of the molecule is CC(C)Cn1c(-c2cc(Cl)cc([N+](=O)[O-])c2)n[nH]c1=S. The van der Waals surface area contributed by atoms with Crippen LogP contribution in [0.2, 0.25) is 5.02 Å². The molecule has 0 saturated heterocycles. The van der Waals surface area contributed by atoms with E-state index < -0.39 is 4.92 Å². The van der Waals surface area contributed by atoms with Crippen molar-refractivity contribution in [2.45, 2.75) is 20.4 Å². The second kappa shape index (κ2) is 5.72. The molecule has 0 saturated carbocycles. The van der Waals surface area contributed by atoms with Crippen molar-refractivity contribution in [3.05, 3.63) is 38.1 Å². The summed E-state index contributed by atoms with van der Waals surface area (Å²) in [7, 11) is 0. The van der Waals surface area contributed by atoms with E-state index in [-0.39, 0.29) is 5.69 Å². The van der Waals surface area contributed by atoms with E-state index >= 15 is 0 Å². The predicted molar refractivity (Wildman–Crippen MR) is 79.4 cm³/mol. The van der Waals surface area contributed by atoms with Crippen LogP contribution in [0.15, 0.2) is 18.2 Å². The number of nitrogens with one attached hydrogen (secondary N) is 1. The van der Waals surface area contributed by atoms with Gasteiger partial charge in [0.05, 0.1) is 4.92 Å². The number of rotatable bonds is 4. The van der Waals surface area contributed by atoms with Crippen LogP contribution < -0.4 is 0 Å². The lowest BCUT2D eigenvalue weighted by molar-refractivity contribution is -0.384. The molecule has 0 amide bonds. The average molecular weight is 313 g/mol. The highest BCUT2D eigenvalue weighted by Crippen LogP contribution is 2.27. The molecule has 6 nitrogen and oxygen atoms in total. The van der Waals surface area contributed by atoms with E-state index in [0.29, 0.717) is 33.6 Å². The van der Waals surface area contributed by atoms with Gasteiger partial charge in [-0.15, -0.1) is 0 Å².